The van der Waals surface area contributed by atoms with Crippen LogP contribution in [-0.4, -0.2) is 15.3 Å². The van der Waals surface area contributed by atoms with Gasteiger partial charge in [0.05, 0.1) is 0 Å². The molecule has 8 heavy (non-hydrogen) atoms. The van der Waals surface area contributed by atoms with E-state index in [-0.39, 0.29) is 4.41 Å². The van der Waals surface area contributed by atoms with Crippen LogP contribution in [0, 0.1) is 6.08 Å². The fourth-order valence-corrected chi connectivity index (χ4v) is 1.73. The molecule has 0 aliphatic heterocycles. The van der Waals surface area contributed by atoms with Gasteiger partial charge in [-0.1, -0.05) is 0 Å². The van der Waals surface area contributed by atoms with Crippen LogP contribution in [0.25, 0.3) is 0 Å². The van der Waals surface area contributed by atoms with Gasteiger partial charge in [-0.05, 0) is 0 Å². The molecular formula is C5H5F2Ge. The molecular weight excluding hydrogens is 171 g/mol. The van der Waals surface area contributed by atoms with Gasteiger partial charge in [0.15, 0.2) is 0 Å². The Balaban J connectivity index is 2.58. The second kappa shape index (κ2) is 2.44. The van der Waals surface area contributed by atoms with Crippen LogP contribution in [0.1, 0.15) is 6.42 Å². The van der Waals surface area contributed by atoms with E-state index < -0.39 is 15.3 Å². The fraction of sp³-hybridized carbons (Fsp3) is 0.200. The van der Waals surface area contributed by atoms with Crippen LogP contribution in [0.2, 0.25) is 0 Å². The normalized spacial score (nSPS) is 17.6. The molecule has 0 aromatic carbocycles. The Hall–Kier alpha value is -0.117. The van der Waals surface area contributed by atoms with Crippen molar-refractivity contribution < 1.29 is 7.00 Å². The SMILES string of the molecule is [F][GeH]([F])[C]1=[C]CC=C1. The molecule has 0 aromatic heterocycles. The van der Waals surface area contributed by atoms with E-state index in [0.29, 0.717) is 6.42 Å². The third-order valence-electron chi connectivity index (χ3n) is 0.957. The molecule has 1 aliphatic carbocycles. The van der Waals surface area contributed by atoms with Crippen molar-refractivity contribution in [2.24, 2.45) is 0 Å². The molecule has 0 spiro atoms. The summed E-state index contributed by atoms with van der Waals surface area (Å²) in [5.41, 5.74) is 0. The molecule has 0 amide bonds. The molecule has 0 unspecified atom stereocenters. The fourth-order valence-electron chi connectivity index (χ4n) is 0.571. The monoisotopic (exact) mass is 177 g/mol. The van der Waals surface area contributed by atoms with Crippen molar-refractivity contribution in [1.29, 1.82) is 0 Å². The first-order chi connectivity index (χ1) is 3.80. The number of halogens is 2. The molecule has 0 heterocycles. The van der Waals surface area contributed by atoms with Crippen molar-refractivity contribution in [3.05, 3.63) is 22.6 Å². The van der Waals surface area contributed by atoms with Gasteiger partial charge >= 0.3 is 51.3 Å². The molecule has 0 N–H and O–H groups in total. The molecule has 0 saturated carbocycles. The summed E-state index contributed by atoms with van der Waals surface area (Å²) < 4.78 is 23.8. The summed E-state index contributed by atoms with van der Waals surface area (Å²) in [6, 6.07) is 0. The van der Waals surface area contributed by atoms with Gasteiger partial charge in [0.2, 0.25) is 0 Å². The first-order valence-corrected chi connectivity index (χ1v) is 5.40. The van der Waals surface area contributed by atoms with Crippen LogP contribution in [0.15, 0.2) is 16.6 Å². The molecule has 1 radical (unpaired) electrons. The molecule has 0 saturated heterocycles. The summed E-state index contributed by atoms with van der Waals surface area (Å²) in [7, 11) is 0. The minimum absolute atomic E-state index is 0.220. The molecule has 0 bridgehead atoms. The van der Waals surface area contributed by atoms with Crippen LogP contribution >= 0.6 is 0 Å². The average molecular weight is 176 g/mol. The van der Waals surface area contributed by atoms with E-state index in [0.717, 1.165) is 0 Å². The summed E-state index contributed by atoms with van der Waals surface area (Å²) in [5, 5.41) is 0. The Labute approximate surface area is 52.0 Å². The second-order valence-electron chi connectivity index (χ2n) is 1.54. The molecule has 1 aliphatic rings. The van der Waals surface area contributed by atoms with Crippen LogP contribution < -0.4 is 0 Å². The van der Waals surface area contributed by atoms with Gasteiger partial charge < -0.3 is 0 Å². The van der Waals surface area contributed by atoms with Crippen molar-refractivity contribution in [2.45, 2.75) is 6.42 Å². The Morgan fingerprint density at radius 1 is 1.62 bits per heavy atom. The summed E-state index contributed by atoms with van der Waals surface area (Å²) >= 11 is -3.91. The molecule has 0 nitrogen and oxygen atoms in total. The Bertz CT molecular complexity index is 137. The molecule has 0 atom stereocenters. The zero-order valence-electron chi connectivity index (χ0n) is 4.20. The van der Waals surface area contributed by atoms with Crippen molar-refractivity contribution in [3.63, 3.8) is 0 Å². The Kier molecular flexibility index (Phi) is 1.83. The first-order valence-electron chi connectivity index (χ1n) is 2.36. The first kappa shape index (κ1) is 6.01. The van der Waals surface area contributed by atoms with Gasteiger partial charge in [0.25, 0.3) is 0 Å². The molecule has 1 rings (SSSR count). The molecule has 0 aromatic rings. The Morgan fingerprint density at radius 3 is 2.62 bits per heavy atom. The van der Waals surface area contributed by atoms with Gasteiger partial charge in [0.1, 0.15) is 0 Å². The number of allylic oxidation sites excluding steroid dienone is 4. The van der Waals surface area contributed by atoms with Crippen molar-refractivity contribution >= 4 is 15.3 Å². The van der Waals surface area contributed by atoms with Gasteiger partial charge in [-0.2, -0.15) is 0 Å². The molecule has 43 valence electrons. The minimum atomic E-state index is -3.91. The van der Waals surface area contributed by atoms with Crippen LogP contribution in [-0.2, 0) is 0 Å². The van der Waals surface area contributed by atoms with Gasteiger partial charge in [-0.3, -0.25) is 0 Å². The van der Waals surface area contributed by atoms with Crippen LogP contribution in [0.5, 0.6) is 0 Å². The summed E-state index contributed by atoms with van der Waals surface area (Å²) in [6.07, 6.45) is 6.39. The number of rotatable bonds is 1. The van der Waals surface area contributed by atoms with E-state index in [1.165, 1.54) is 6.08 Å². The van der Waals surface area contributed by atoms with Gasteiger partial charge in [0, 0.05) is 0 Å². The predicted octanol–water partition coefficient (Wildman–Crippen LogP) is 1.37. The van der Waals surface area contributed by atoms with Crippen LogP contribution in [0.3, 0.4) is 0 Å². The number of hydrogen-bond donors (Lipinski definition) is 0. The maximum atomic E-state index is 11.8. The third kappa shape index (κ3) is 1.18. The van der Waals surface area contributed by atoms with Crippen molar-refractivity contribution in [3.8, 4) is 0 Å². The quantitative estimate of drug-likeness (QED) is 0.529. The topological polar surface area (TPSA) is 0 Å². The zero-order valence-corrected chi connectivity index (χ0v) is 6.62. The van der Waals surface area contributed by atoms with E-state index in [1.807, 2.05) is 0 Å². The van der Waals surface area contributed by atoms with E-state index in [1.54, 1.807) is 6.08 Å². The van der Waals surface area contributed by atoms with E-state index in [2.05, 4.69) is 6.08 Å². The summed E-state index contributed by atoms with van der Waals surface area (Å²) in [6.45, 7) is 0. The third-order valence-corrected chi connectivity index (χ3v) is 2.78. The molecule has 0 fully saturated rings. The van der Waals surface area contributed by atoms with E-state index >= 15 is 0 Å². The second-order valence-corrected chi connectivity index (χ2v) is 4.11. The van der Waals surface area contributed by atoms with E-state index in [4.69, 9.17) is 0 Å². The zero-order chi connectivity index (χ0) is 5.98. The summed E-state index contributed by atoms with van der Waals surface area (Å²) in [4.78, 5) is 0. The predicted molar refractivity (Wildman–Crippen MR) is 29.9 cm³/mol. The standard InChI is InChI=1S/C5H5F2Ge/c6-8(7)5-3-1-2-4-5/h1,3,8H,2H2. The molecule has 3 heteroatoms. The van der Waals surface area contributed by atoms with Gasteiger partial charge in [-0.15, -0.1) is 0 Å². The maximum absolute atomic E-state index is 11.8. The van der Waals surface area contributed by atoms with Crippen molar-refractivity contribution in [1.82, 2.24) is 0 Å². The van der Waals surface area contributed by atoms with Crippen molar-refractivity contribution in [2.75, 3.05) is 0 Å². The average Bonchev–Trinajstić information content (AvgIpc) is 2.12. The van der Waals surface area contributed by atoms with E-state index in [9.17, 15) is 7.00 Å². The van der Waals surface area contributed by atoms with Crippen LogP contribution in [0.4, 0.5) is 7.00 Å². The Morgan fingerprint density at radius 2 is 2.38 bits per heavy atom. The number of hydrogen-bond acceptors (Lipinski definition) is 0. The summed E-state index contributed by atoms with van der Waals surface area (Å²) in [5.74, 6) is 0. The van der Waals surface area contributed by atoms with Gasteiger partial charge in [-0.25, -0.2) is 0 Å².